The van der Waals surface area contributed by atoms with Crippen molar-refractivity contribution in [3.63, 3.8) is 0 Å². The quantitative estimate of drug-likeness (QED) is 0.814. The van der Waals surface area contributed by atoms with Gasteiger partial charge in [-0.1, -0.05) is 32.6 Å². The molecular weight excluding hydrogens is 248 g/mol. The highest BCUT2D eigenvalue weighted by Gasteiger charge is 2.36. The molecule has 118 valence electrons. The fraction of sp³-hybridized carbons (Fsp3) is 1.00. The molecule has 2 fully saturated rings. The summed E-state index contributed by atoms with van der Waals surface area (Å²) in [6.07, 6.45) is 10.6. The van der Waals surface area contributed by atoms with E-state index in [4.69, 9.17) is 0 Å². The van der Waals surface area contributed by atoms with Crippen LogP contribution >= 0.6 is 0 Å². The van der Waals surface area contributed by atoms with Crippen molar-refractivity contribution in [1.82, 2.24) is 10.2 Å². The highest BCUT2D eigenvalue weighted by Crippen LogP contribution is 2.40. The highest BCUT2D eigenvalue weighted by atomic mass is 16.3. The number of nitrogens with zero attached hydrogens (tertiary/aromatic N) is 1. The molecule has 3 nitrogen and oxygen atoms in total. The third-order valence-electron chi connectivity index (χ3n) is 5.64. The molecule has 1 saturated heterocycles. The van der Waals surface area contributed by atoms with Crippen molar-refractivity contribution in [2.75, 3.05) is 33.3 Å². The lowest BCUT2D eigenvalue weighted by molar-refractivity contribution is 0.0454. The first-order chi connectivity index (χ1) is 9.69. The van der Waals surface area contributed by atoms with Gasteiger partial charge in [0.25, 0.3) is 0 Å². The van der Waals surface area contributed by atoms with Crippen molar-refractivity contribution in [1.29, 1.82) is 0 Å². The van der Waals surface area contributed by atoms with Crippen molar-refractivity contribution >= 4 is 0 Å². The Bertz CT molecular complexity index is 274. The Balaban J connectivity index is 2.01. The summed E-state index contributed by atoms with van der Waals surface area (Å²) in [5, 5.41) is 13.2. The number of nitrogens with one attached hydrogen (secondary N) is 1. The van der Waals surface area contributed by atoms with E-state index in [1.165, 1.54) is 64.5 Å². The molecule has 0 bridgehead atoms. The molecule has 2 rings (SSSR count). The Morgan fingerprint density at radius 3 is 2.55 bits per heavy atom. The lowest BCUT2D eigenvalue weighted by Gasteiger charge is -2.44. The topological polar surface area (TPSA) is 35.5 Å². The van der Waals surface area contributed by atoms with Gasteiger partial charge < -0.3 is 10.4 Å². The summed E-state index contributed by atoms with van der Waals surface area (Å²) >= 11 is 0. The van der Waals surface area contributed by atoms with Gasteiger partial charge in [-0.15, -0.1) is 0 Å². The van der Waals surface area contributed by atoms with E-state index < -0.39 is 0 Å². The van der Waals surface area contributed by atoms with Crippen molar-refractivity contribution < 1.29 is 5.11 Å². The summed E-state index contributed by atoms with van der Waals surface area (Å²) in [6.45, 7) is 6.24. The van der Waals surface area contributed by atoms with Crippen LogP contribution in [-0.4, -0.2) is 49.3 Å². The molecule has 20 heavy (non-hydrogen) atoms. The number of aliphatic hydroxyl groups is 1. The van der Waals surface area contributed by atoms with Gasteiger partial charge in [0, 0.05) is 19.1 Å². The van der Waals surface area contributed by atoms with Crippen LogP contribution in [0.15, 0.2) is 0 Å². The molecule has 2 N–H and O–H groups in total. The zero-order valence-electron chi connectivity index (χ0n) is 13.5. The van der Waals surface area contributed by atoms with Crippen LogP contribution in [-0.2, 0) is 0 Å². The third-order valence-corrected chi connectivity index (χ3v) is 5.64. The first-order valence-electron chi connectivity index (χ1n) is 8.68. The Kier molecular flexibility index (Phi) is 6.31. The van der Waals surface area contributed by atoms with Crippen LogP contribution in [0.3, 0.4) is 0 Å². The SMILES string of the molecule is CNCC1(CN2CCCCCC2CO)CCC(C)CC1. The minimum Gasteiger partial charge on any atom is -0.395 e. The van der Waals surface area contributed by atoms with Crippen molar-refractivity contribution in [3.8, 4) is 0 Å². The maximum atomic E-state index is 9.71. The van der Waals surface area contributed by atoms with E-state index in [2.05, 4.69) is 24.2 Å². The fourth-order valence-corrected chi connectivity index (χ4v) is 4.22. The van der Waals surface area contributed by atoms with E-state index in [9.17, 15) is 5.11 Å². The van der Waals surface area contributed by atoms with Gasteiger partial charge >= 0.3 is 0 Å². The molecule has 2 aliphatic rings. The van der Waals surface area contributed by atoms with Crippen LogP contribution in [0.2, 0.25) is 0 Å². The van der Waals surface area contributed by atoms with Gasteiger partial charge in [0.1, 0.15) is 0 Å². The van der Waals surface area contributed by atoms with Gasteiger partial charge in [-0.2, -0.15) is 0 Å². The average Bonchev–Trinajstić information content (AvgIpc) is 2.67. The molecule has 1 aliphatic carbocycles. The zero-order valence-corrected chi connectivity index (χ0v) is 13.5. The summed E-state index contributed by atoms with van der Waals surface area (Å²) < 4.78 is 0. The molecule has 1 aliphatic heterocycles. The molecule has 1 saturated carbocycles. The molecule has 1 atom stereocenters. The number of aliphatic hydroxyl groups excluding tert-OH is 1. The van der Waals surface area contributed by atoms with Crippen molar-refractivity contribution in [2.45, 2.75) is 64.3 Å². The number of rotatable bonds is 5. The van der Waals surface area contributed by atoms with E-state index in [1.807, 2.05) is 0 Å². The molecule has 3 heteroatoms. The zero-order chi connectivity index (χ0) is 14.4. The molecule has 0 amide bonds. The molecule has 0 aromatic heterocycles. The van der Waals surface area contributed by atoms with E-state index in [1.54, 1.807) is 0 Å². The lowest BCUT2D eigenvalue weighted by Crippen LogP contribution is -2.49. The van der Waals surface area contributed by atoms with Crippen LogP contribution in [0.4, 0.5) is 0 Å². The summed E-state index contributed by atoms with van der Waals surface area (Å²) in [4.78, 5) is 2.61. The fourth-order valence-electron chi connectivity index (χ4n) is 4.22. The van der Waals surface area contributed by atoms with Crippen LogP contribution < -0.4 is 5.32 Å². The highest BCUT2D eigenvalue weighted by molar-refractivity contribution is 4.91. The molecule has 0 aromatic carbocycles. The number of hydrogen-bond donors (Lipinski definition) is 2. The Morgan fingerprint density at radius 1 is 1.15 bits per heavy atom. The van der Waals surface area contributed by atoms with Crippen molar-refractivity contribution in [2.24, 2.45) is 11.3 Å². The van der Waals surface area contributed by atoms with Crippen molar-refractivity contribution in [3.05, 3.63) is 0 Å². The Morgan fingerprint density at radius 2 is 1.90 bits per heavy atom. The predicted molar refractivity (Wildman–Crippen MR) is 84.9 cm³/mol. The number of likely N-dealkylation sites (tertiary alicyclic amines) is 1. The summed E-state index contributed by atoms with van der Waals surface area (Å²) in [6, 6.07) is 0.408. The van der Waals surface area contributed by atoms with Gasteiger partial charge in [0.05, 0.1) is 6.61 Å². The molecule has 1 heterocycles. The second kappa shape index (κ2) is 7.77. The molecule has 0 spiro atoms. The third kappa shape index (κ3) is 4.19. The second-order valence-electron chi connectivity index (χ2n) is 7.37. The van der Waals surface area contributed by atoms with Gasteiger partial charge in [-0.05, 0) is 50.6 Å². The number of hydrogen-bond acceptors (Lipinski definition) is 3. The first kappa shape index (κ1) is 16.3. The predicted octanol–water partition coefficient (Wildman–Crippen LogP) is 2.64. The van der Waals surface area contributed by atoms with Gasteiger partial charge in [0.2, 0.25) is 0 Å². The second-order valence-corrected chi connectivity index (χ2v) is 7.37. The standard InChI is InChI=1S/C17H34N2O/c1-15-7-9-17(10-8-15,13-18-2)14-19-11-5-3-4-6-16(19)12-20/h15-16,18,20H,3-14H2,1-2H3. The maximum Gasteiger partial charge on any atom is 0.0586 e. The minimum absolute atomic E-state index is 0.339. The normalized spacial score (nSPS) is 36.8. The molecule has 0 radical (unpaired) electrons. The monoisotopic (exact) mass is 282 g/mol. The van der Waals surface area contributed by atoms with Crippen LogP contribution in [0, 0.1) is 11.3 Å². The van der Waals surface area contributed by atoms with Crippen LogP contribution in [0.5, 0.6) is 0 Å². The van der Waals surface area contributed by atoms with Crippen LogP contribution in [0.25, 0.3) is 0 Å². The Labute approximate surface area is 125 Å². The summed E-state index contributed by atoms with van der Waals surface area (Å²) in [7, 11) is 2.09. The molecule has 1 unspecified atom stereocenters. The van der Waals surface area contributed by atoms with E-state index in [-0.39, 0.29) is 0 Å². The minimum atomic E-state index is 0.339. The first-order valence-corrected chi connectivity index (χ1v) is 8.68. The van der Waals surface area contributed by atoms with E-state index >= 15 is 0 Å². The van der Waals surface area contributed by atoms with E-state index in [0.717, 1.165) is 12.5 Å². The largest absolute Gasteiger partial charge is 0.395 e. The summed E-state index contributed by atoms with van der Waals surface area (Å²) in [5.41, 5.74) is 0.443. The van der Waals surface area contributed by atoms with Crippen LogP contribution in [0.1, 0.15) is 58.3 Å². The van der Waals surface area contributed by atoms with Gasteiger partial charge in [0.15, 0.2) is 0 Å². The lowest BCUT2D eigenvalue weighted by atomic mass is 9.70. The molecular formula is C17H34N2O. The summed E-state index contributed by atoms with van der Waals surface area (Å²) in [5.74, 6) is 0.901. The maximum absolute atomic E-state index is 9.71. The van der Waals surface area contributed by atoms with Gasteiger partial charge in [-0.25, -0.2) is 0 Å². The van der Waals surface area contributed by atoms with Gasteiger partial charge in [-0.3, -0.25) is 4.90 Å². The average molecular weight is 282 g/mol. The smallest absolute Gasteiger partial charge is 0.0586 e. The molecule has 0 aromatic rings. The Hall–Kier alpha value is -0.120. The van der Waals surface area contributed by atoms with E-state index in [0.29, 0.717) is 18.1 Å².